The average molecular weight is 155 g/mol. The molecule has 0 aliphatic rings. The van der Waals surface area contributed by atoms with Crippen LogP contribution >= 0.6 is 0 Å². The number of allylic oxidation sites excluding steroid dienone is 1. The maximum atomic E-state index is 9.37. The zero-order chi connectivity index (χ0) is 8.91. The zero-order valence-electron chi connectivity index (χ0n) is 7.85. The summed E-state index contributed by atoms with van der Waals surface area (Å²) in [6.07, 6.45) is 4.83. The van der Waals surface area contributed by atoms with Gasteiger partial charge >= 0.3 is 0 Å². The SMILES string of the molecule is C=C[C-](C)CCCC(C)(C)O. The van der Waals surface area contributed by atoms with E-state index >= 15 is 0 Å². The molecule has 1 N–H and O–H groups in total. The molecule has 0 amide bonds. The van der Waals surface area contributed by atoms with Crippen LogP contribution in [-0.4, -0.2) is 10.7 Å². The minimum Gasteiger partial charge on any atom is -0.390 e. The Morgan fingerprint density at radius 2 is 2.09 bits per heavy atom. The van der Waals surface area contributed by atoms with Crippen molar-refractivity contribution in [2.45, 2.75) is 45.6 Å². The summed E-state index contributed by atoms with van der Waals surface area (Å²) in [5.74, 6) is 1.30. The maximum Gasteiger partial charge on any atom is 0.0591 e. The first-order valence-electron chi connectivity index (χ1n) is 4.13. The third kappa shape index (κ3) is 7.47. The molecule has 0 rings (SSSR count). The van der Waals surface area contributed by atoms with Gasteiger partial charge in [-0.25, -0.2) is 18.6 Å². The summed E-state index contributed by atoms with van der Waals surface area (Å²) in [5.41, 5.74) is -0.512. The van der Waals surface area contributed by atoms with Crippen LogP contribution in [0.15, 0.2) is 12.7 Å². The zero-order valence-corrected chi connectivity index (χ0v) is 7.85. The molecular weight excluding hydrogens is 136 g/mol. The van der Waals surface area contributed by atoms with Gasteiger partial charge in [0.05, 0.1) is 5.60 Å². The third-order valence-electron chi connectivity index (χ3n) is 1.71. The summed E-state index contributed by atoms with van der Waals surface area (Å²) in [4.78, 5) is 0. The molecule has 0 saturated heterocycles. The largest absolute Gasteiger partial charge is 0.390 e. The lowest BCUT2D eigenvalue weighted by molar-refractivity contribution is 0.0687. The Bertz CT molecular complexity index is 111. The minimum absolute atomic E-state index is 0.512. The fourth-order valence-electron chi connectivity index (χ4n) is 0.902. The Balaban J connectivity index is 3.35. The van der Waals surface area contributed by atoms with E-state index in [0.29, 0.717) is 0 Å². The summed E-state index contributed by atoms with van der Waals surface area (Å²) in [6.45, 7) is 9.43. The van der Waals surface area contributed by atoms with Crippen LogP contribution in [0.3, 0.4) is 0 Å². The van der Waals surface area contributed by atoms with Crippen molar-refractivity contribution in [2.75, 3.05) is 0 Å². The van der Waals surface area contributed by atoms with Gasteiger partial charge in [-0.3, -0.25) is 0 Å². The second kappa shape index (κ2) is 4.45. The Labute approximate surface area is 70.1 Å². The van der Waals surface area contributed by atoms with Crippen molar-refractivity contribution < 1.29 is 5.11 Å². The lowest BCUT2D eigenvalue weighted by Crippen LogP contribution is -2.17. The van der Waals surface area contributed by atoms with E-state index in [-0.39, 0.29) is 0 Å². The van der Waals surface area contributed by atoms with Crippen LogP contribution in [0.5, 0.6) is 0 Å². The van der Waals surface area contributed by atoms with Crippen LogP contribution in [0.4, 0.5) is 0 Å². The molecule has 11 heavy (non-hydrogen) atoms. The van der Waals surface area contributed by atoms with Crippen LogP contribution in [0, 0.1) is 5.92 Å². The molecule has 0 atom stereocenters. The fraction of sp³-hybridized carbons (Fsp3) is 0.700. The van der Waals surface area contributed by atoms with E-state index in [9.17, 15) is 5.11 Å². The van der Waals surface area contributed by atoms with Crippen LogP contribution in [0.2, 0.25) is 0 Å². The number of aliphatic hydroxyl groups is 1. The van der Waals surface area contributed by atoms with E-state index in [2.05, 4.69) is 13.5 Å². The monoisotopic (exact) mass is 155 g/mol. The van der Waals surface area contributed by atoms with Crippen molar-refractivity contribution in [3.8, 4) is 0 Å². The van der Waals surface area contributed by atoms with Crippen molar-refractivity contribution in [2.24, 2.45) is 0 Å². The minimum atomic E-state index is -0.512. The van der Waals surface area contributed by atoms with Gasteiger partial charge in [0.2, 0.25) is 0 Å². The lowest BCUT2D eigenvalue weighted by atomic mass is 9.97. The number of hydrogen-bond donors (Lipinski definition) is 1. The first-order valence-corrected chi connectivity index (χ1v) is 4.13. The van der Waals surface area contributed by atoms with Gasteiger partial charge in [0, 0.05) is 0 Å². The highest BCUT2D eigenvalue weighted by molar-refractivity contribution is 5.01. The molecule has 0 aliphatic carbocycles. The predicted octanol–water partition coefficient (Wildman–Crippen LogP) is 2.71. The molecule has 66 valence electrons. The molecule has 0 radical (unpaired) electrons. The highest BCUT2D eigenvalue weighted by Crippen LogP contribution is 2.16. The van der Waals surface area contributed by atoms with E-state index < -0.39 is 5.60 Å². The standard InChI is InChI=1S/C10H19O/c1-5-9(2)7-6-8-10(3,4)11/h5,11H,1,6-8H2,2-4H3/q-1. The summed E-state index contributed by atoms with van der Waals surface area (Å²) >= 11 is 0. The Hall–Kier alpha value is -0.430. The van der Waals surface area contributed by atoms with Crippen molar-refractivity contribution in [1.29, 1.82) is 0 Å². The second-order valence-corrected chi connectivity index (χ2v) is 3.72. The normalized spacial score (nSPS) is 11.3. The lowest BCUT2D eigenvalue weighted by Gasteiger charge is -2.19. The van der Waals surface area contributed by atoms with Gasteiger partial charge in [0.1, 0.15) is 0 Å². The molecule has 0 aromatic rings. The van der Waals surface area contributed by atoms with Gasteiger partial charge < -0.3 is 5.11 Å². The van der Waals surface area contributed by atoms with Crippen molar-refractivity contribution in [3.05, 3.63) is 18.6 Å². The molecule has 0 heterocycles. The third-order valence-corrected chi connectivity index (χ3v) is 1.71. The molecule has 0 aromatic heterocycles. The van der Waals surface area contributed by atoms with Gasteiger partial charge in [0.15, 0.2) is 0 Å². The number of rotatable bonds is 5. The van der Waals surface area contributed by atoms with Gasteiger partial charge in [0.25, 0.3) is 0 Å². The van der Waals surface area contributed by atoms with E-state index in [1.165, 1.54) is 5.92 Å². The number of hydrogen-bond acceptors (Lipinski definition) is 1. The van der Waals surface area contributed by atoms with Crippen LogP contribution in [-0.2, 0) is 0 Å². The molecule has 0 bridgehead atoms. The van der Waals surface area contributed by atoms with Crippen LogP contribution < -0.4 is 0 Å². The Kier molecular flexibility index (Phi) is 4.27. The van der Waals surface area contributed by atoms with Crippen molar-refractivity contribution in [3.63, 3.8) is 0 Å². The van der Waals surface area contributed by atoms with E-state index in [1.807, 2.05) is 19.9 Å². The van der Waals surface area contributed by atoms with Crippen LogP contribution in [0.1, 0.15) is 40.0 Å². The van der Waals surface area contributed by atoms with Crippen molar-refractivity contribution in [1.82, 2.24) is 0 Å². The van der Waals surface area contributed by atoms with Crippen LogP contribution in [0.25, 0.3) is 0 Å². The molecule has 0 fully saturated rings. The smallest absolute Gasteiger partial charge is 0.0591 e. The molecular formula is C10H19O-. The van der Waals surface area contributed by atoms with E-state index in [1.54, 1.807) is 0 Å². The molecule has 0 unspecified atom stereocenters. The average Bonchev–Trinajstić information content (AvgIpc) is 1.85. The van der Waals surface area contributed by atoms with E-state index in [0.717, 1.165) is 19.3 Å². The molecule has 0 saturated carbocycles. The summed E-state index contributed by atoms with van der Waals surface area (Å²) < 4.78 is 0. The molecule has 0 spiro atoms. The fourth-order valence-corrected chi connectivity index (χ4v) is 0.902. The Morgan fingerprint density at radius 1 is 1.55 bits per heavy atom. The van der Waals surface area contributed by atoms with Gasteiger partial charge in [-0.05, 0) is 20.3 Å². The molecule has 1 heteroatoms. The first kappa shape index (κ1) is 10.6. The van der Waals surface area contributed by atoms with Gasteiger partial charge in [-0.1, -0.05) is 12.8 Å². The summed E-state index contributed by atoms with van der Waals surface area (Å²) in [6, 6.07) is 0. The van der Waals surface area contributed by atoms with Gasteiger partial charge in [-0.15, -0.1) is 6.92 Å². The topological polar surface area (TPSA) is 20.2 Å². The quantitative estimate of drug-likeness (QED) is 0.605. The molecule has 0 aliphatic heterocycles. The highest BCUT2D eigenvalue weighted by atomic mass is 16.3. The molecule has 0 aromatic carbocycles. The van der Waals surface area contributed by atoms with Gasteiger partial charge in [-0.2, -0.15) is 0 Å². The van der Waals surface area contributed by atoms with E-state index in [4.69, 9.17) is 0 Å². The summed E-state index contributed by atoms with van der Waals surface area (Å²) in [5, 5.41) is 9.37. The predicted molar refractivity (Wildman–Crippen MR) is 49.3 cm³/mol. The van der Waals surface area contributed by atoms with Crippen molar-refractivity contribution >= 4 is 0 Å². The highest BCUT2D eigenvalue weighted by Gasteiger charge is 2.10. The second-order valence-electron chi connectivity index (χ2n) is 3.72. The first-order chi connectivity index (χ1) is 4.95. The summed E-state index contributed by atoms with van der Waals surface area (Å²) in [7, 11) is 0. The molecule has 1 nitrogen and oxygen atoms in total. The maximum absolute atomic E-state index is 9.37. The Morgan fingerprint density at radius 3 is 2.45 bits per heavy atom.